The lowest BCUT2D eigenvalue weighted by Gasteiger charge is -2.10. The van der Waals surface area contributed by atoms with E-state index in [0.717, 1.165) is 24.2 Å². The standard InChI is InChI=1S/C17H20O2/c1-2-17(18)15-8-10-16(11-9-15)19-13-12-14-6-4-3-5-7-14/h3-11,17-18H,2,12-13H2,1H3. The van der Waals surface area contributed by atoms with Crippen LogP contribution >= 0.6 is 0 Å². The number of aliphatic hydroxyl groups excluding tert-OH is 1. The molecule has 0 saturated heterocycles. The normalized spacial score (nSPS) is 12.1. The van der Waals surface area contributed by atoms with Crippen LogP contribution in [0.4, 0.5) is 0 Å². The topological polar surface area (TPSA) is 29.5 Å². The van der Waals surface area contributed by atoms with Gasteiger partial charge >= 0.3 is 0 Å². The van der Waals surface area contributed by atoms with Crippen molar-refractivity contribution in [3.8, 4) is 5.75 Å². The van der Waals surface area contributed by atoms with E-state index in [9.17, 15) is 5.11 Å². The third-order valence-corrected chi connectivity index (χ3v) is 3.15. The molecule has 0 aliphatic carbocycles. The molecule has 0 spiro atoms. The number of ether oxygens (including phenoxy) is 1. The van der Waals surface area contributed by atoms with Crippen molar-refractivity contribution >= 4 is 0 Å². The Morgan fingerprint density at radius 3 is 2.32 bits per heavy atom. The van der Waals surface area contributed by atoms with E-state index in [2.05, 4.69) is 12.1 Å². The highest BCUT2D eigenvalue weighted by Crippen LogP contribution is 2.19. The summed E-state index contributed by atoms with van der Waals surface area (Å²) in [5.41, 5.74) is 2.22. The molecule has 0 aliphatic heterocycles. The minimum Gasteiger partial charge on any atom is -0.493 e. The summed E-state index contributed by atoms with van der Waals surface area (Å²) in [6.07, 6.45) is 1.26. The lowest BCUT2D eigenvalue weighted by Crippen LogP contribution is -2.01. The molecule has 0 fully saturated rings. The van der Waals surface area contributed by atoms with Crippen LogP contribution in [0.1, 0.15) is 30.6 Å². The highest BCUT2D eigenvalue weighted by molar-refractivity contribution is 5.28. The van der Waals surface area contributed by atoms with E-state index in [1.165, 1.54) is 5.56 Å². The Bertz CT molecular complexity index is 476. The molecule has 0 saturated carbocycles. The molecule has 100 valence electrons. The first-order chi connectivity index (χ1) is 9.29. The second-order valence-corrected chi connectivity index (χ2v) is 4.58. The Kier molecular flexibility index (Phi) is 4.99. The van der Waals surface area contributed by atoms with Crippen LogP contribution in [-0.2, 0) is 6.42 Å². The molecule has 0 amide bonds. The molecule has 2 aromatic carbocycles. The molecule has 0 heterocycles. The van der Waals surface area contributed by atoms with Crippen LogP contribution in [-0.4, -0.2) is 11.7 Å². The molecule has 0 bridgehead atoms. The molecule has 1 unspecified atom stereocenters. The number of benzene rings is 2. The van der Waals surface area contributed by atoms with Gasteiger partial charge < -0.3 is 9.84 Å². The molecule has 1 atom stereocenters. The van der Waals surface area contributed by atoms with Crippen LogP contribution < -0.4 is 4.74 Å². The minimum atomic E-state index is -0.377. The van der Waals surface area contributed by atoms with Gasteiger partial charge in [0.25, 0.3) is 0 Å². The largest absolute Gasteiger partial charge is 0.493 e. The summed E-state index contributed by atoms with van der Waals surface area (Å²) >= 11 is 0. The number of hydrogen-bond donors (Lipinski definition) is 1. The molecule has 1 N–H and O–H groups in total. The van der Waals surface area contributed by atoms with Crippen molar-refractivity contribution in [1.29, 1.82) is 0 Å². The zero-order valence-corrected chi connectivity index (χ0v) is 11.3. The Hall–Kier alpha value is -1.80. The second kappa shape index (κ2) is 6.95. The maximum Gasteiger partial charge on any atom is 0.119 e. The molecule has 0 aromatic heterocycles. The van der Waals surface area contributed by atoms with Crippen molar-refractivity contribution in [3.05, 3.63) is 65.7 Å². The fraction of sp³-hybridized carbons (Fsp3) is 0.294. The third-order valence-electron chi connectivity index (χ3n) is 3.15. The van der Waals surface area contributed by atoms with E-state index in [-0.39, 0.29) is 6.10 Å². The molecule has 2 aromatic rings. The van der Waals surface area contributed by atoms with E-state index < -0.39 is 0 Å². The van der Waals surface area contributed by atoms with Gasteiger partial charge in [0.15, 0.2) is 0 Å². The van der Waals surface area contributed by atoms with Gasteiger partial charge in [0.05, 0.1) is 12.7 Å². The van der Waals surface area contributed by atoms with Crippen molar-refractivity contribution in [2.45, 2.75) is 25.9 Å². The minimum absolute atomic E-state index is 0.377. The third kappa shape index (κ3) is 4.11. The summed E-state index contributed by atoms with van der Waals surface area (Å²) in [6, 6.07) is 18.0. The van der Waals surface area contributed by atoms with Crippen LogP contribution in [0.2, 0.25) is 0 Å². The van der Waals surface area contributed by atoms with Gasteiger partial charge in [-0.3, -0.25) is 0 Å². The van der Waals surface area contributed by atoms with Gasteiger partial charge in [-0.1, -0.05) is 49.4 Å². The molecule has 2 heteroatoms. The fourth-order valence-corrected chi connectivity index (χ4v) is 1.95. The summed E-state index contributed by atoms with van der Waals surface area (Å²) in [7, 11) is 0. The summed E-state index contributed by atoms with van der Waals surface area (Å²) in [5, 5.41) is 9.70. The monoisotopic (exact) mass is 256 g/mol. The second-order valence-electron chi connectivity index (χ2n) is 4.58. The Morgan fingerprint density at radius 2 is 1.68 bits per heavy atom. The van der Waals surface area contributed by atoms with Gasteiger partial charge in [-0.15, -0.1) is 0 Å². The van der Waals surface area contributed by atoms with Gasteiger partial charge in [0.2, 0.25) is 0 Å². The molecule has 0 radical (unpaired) electrons. The first kappa shape index (κ1) is 13.6. The maximum absolute atomic E-state index is 9.70. The van der Waals surface area contributed by atoms with Crippen LogP contribution in [0.5, 0.6) is 5.75 Å². The van der Waals surface area contributed by atoms with Crippen LogP contribution in [0.25, 0.3) is 0 Å². The molecular weight excluding hydrogens is 236 g/mol. The summed E-state index contributed by atoms with van der Waals surface area (Å²) in [5.74, 6) is 0.850. The molecule has 2 rings (SSSR count). The zero-order valence-electron chi connectivity index (χ0n) is 11.3. The van der Waals surface area contributed by atoms with E-state index >= 15 is 0 Å². The first-order valence-corrected chi connectivity index (χ1v) is 6.74. The highest BCUT2D eigenvalue weighted by atomic mass is 16.5. The Balaban J connectivity index is 1.83. The van der Waals surface area contributed by atoms with Crippen molar-refractivity contribution in [3.63, 3.8) is 0 Å². The number of rotatable bonds is 6. The van der Waals surface area contributed by atoms with E-state index in [1.54, 1.807) is 0 Å². The van der Waals surface area contributed by atoms with E-state index in [1.807, 2.05) is 49.4 Å². The average Bonchev–Trinajstić information content (AvgIpc) is 2.48. The van der Waals surface area contributed by atoms with Crippen molar-refractivity contribution in [2.24, 2.45) is 0 Å². The highest BCUT2D eigenvalue weighted by Gasteiger charge is 2.04. The first-order valence-electron chi connectivity index (χ1n) is 6.74. The Morgan fingerprint density at radius 1 is 1.00 bits per heavy atom. The molecular formula is C17H20O2. The van der Waals surface area contributed by atoms with Gasteiger partial charge in [-0.2, -0.15) is 0 Å². The molecule has 2 nitrogen and oxygen atoms in total. The molecule has 0 aliphatic rings. The van der Waals surface area contributed by atoms with Gasteiger partial charge in [0, 0.05) is 6.42 Å². The van der Waals surface area contributed by atoms with Gasteiger partial charge in [0.1, 0.15) is 5.75 Å². The predicted octanol–water partition coefficient (Wildman–Crippen LogP) is 3.75. The van der Waals surface area contributed by atoms with Gasteiger partial charge in [-0.25, -0.2) is 0 Å². The summed E-state index contributed by atoms with van der Waals surface area (Å²) in [4.78, 5) is 0. The lowest BCUT2D eigenvalue weighted by atomic mass is 10.1. The van der Waals surface area contributed by atoms with Gasteiger partial charge in [-0.05, 0) is 29.7 Å². The fourth-order valence-electron chi connectivity index (χ4n) is 1.95. The predicted molar refractivity (Wildman–Crippen MR) is 77.3 cm³/mol. The van der Waals surface area contributed by atoms with Crippen LogP contribution in [0.15, 0.2) is 54.6 Å². The van der Waals surface area contributed by atoms with Crippen LogP contribution in [0.3, 0.4) is 0 Å². The zero-order chi connectivity index (χ0) is 13.5. The average molecular weight is 256 g/mol. The smallest absolute Gasteiger partial charge is 0.119 e. The van der Waals surface area contributed by atoms with Crippen molar-refractivity contribution in [1.82, 2.24) is 0 Å². The number of hydrogen-bond acceptors (Lipinski definition) is 2. The van der Waals surface area contributed by atoms with Crippen LogP contribution in [0, 0.1) is 0 Å². The quantitative estimate of drug-likeness (QED) is 0.853. The SMILES string of the molecule is CCC(O)c1ccc(OCCc2ccccc2)cc1. The lowest BCUT2D eigenvalue weighted by molar-refractivity contribution is 0.173. The maximum atomic E-state index is 9.70. The van der Waals surface area contributed by atoms with Crippen molar-refractivity contribution < 1.29 is 9.84 Å². The Labute approximate surface area is 114 Å². The van der Waals surface area contributed by atoms with E-state index in [0.29, 0.717) is 6.61 Å². The van der Waals surface area contributed by atoms with Crippen molar-refractivity contribution in [2.75, 3.05) is 6.61 Å². The summed E-state index contributed by atoms with van der Waals surface area (Å²) < 4.78 is 5.70. The van der Waals surface area contributed by atoms with E-state index in [4.69, 9.17) is 4.74 Å². The summed E-state index contributed by atoms with van der Waals surface area (Å²) in [6.45, 7) is 2.63. The molecule has 19 heavy (non-hydrogen) atoms. The number of aliphatic hydroxyl groups is 1.